The molecule has 21 heavy (non-hydrogen) atoms. The first-order valence-corrected chi connectivity index (χ1v) is 7.51. The second-order valence-electron chi connectivity index (χ2n) is 5.62. The van der Waals surface area contributed by atoms with Gasteiger partial charge in [-0.1, -0.05) is 48.0 Å². The molecule has 1 N–H and O–H groups in total. The Bertz CT molecular complexity index is 606. The smallest absolute Gasteiger partial charge is 0.128 e. The van der Waals surface area contributed by atoms with Gasteiger partial charge in [0.25, 0.3) is 0 Å². The highest BCUT2D eigenvalue weighted by atomic mass is 19.1. The maximum atomic E-state index is 14.3. The van der Waals surface area contributed by atoms with E-state index in [2.05, 4.69) is 41.4 Å². The summed E-state index contributed by atoms with van der Waals surface area (Å²) in [5.74, 6) is -0.123. The molecule has 1 fully saturated rings. The van der Waals surface area contributed by atoms with Gasteiger partial charge in [0, 0.05) is 31.7 Å². The number of hydrogen-bond donors (Lipinski definition) is 1. The Balaban J connectivity index is 2.04. The molecular formula is C18H21FN2. The lowest BCUT2D eigenvalue weighted by Gasteiger charge is -2.35. The minimum Gasteiger partial charge on any atom is -0.314 e. The molecule has 2 aromatic rings. The molecule has 1 atom stereocenters. The molecule has 3 heteroatoms. The van der Waals surface area contributed by atoms with E-state index < -0.39 is 0 Å². The molecule has 1 heterocycles. The van der Waals surface area contributed by atoms with Gasteiger partial charge in [-0.05, 0) is 18.6 Å². The van der Waals surface area contributed by atoms with Gasteiger partial charge in [0.15, 0.2) is 0 Å². The third-order valence-corrected chi connectivity index (χ3v) is 4.07. The Morgan fingerprint density at radius 2 is 1.81 bits per heavy atom. The van der Waals surface area contributed by atoms with Crippen LogP contribution in [0.25, 0.3) is 0 Å². The SMILES string of the molecule is Cc1cccc(C(c2ccccc2F)N2CCNCC2)c1. The van der Waals surface area contributed by atoms with E-state index in [9.17, 15) is 4.39 Å². The highest BCUT2D eigenvalue weighted by Crippen LogP contribution is 2.31. The van der Waals surface area contributed by atoms with Crippen LogP contribution in [0.15, 0.2) is 48.5 Å². The standard InChI is InChI=1S/C18H21FN2/c1-14-5-4-6-15(13-14)18(21-11-9-20-10-12-21)16-7-2-3-8-17(16)19/h2-8,13,18,20H,9-12H2,1H3. The van der Waals surface area contributed by atoms with Gasteiger partial charge in [0.2, 0.25) is 0 Å². The normalized spacial score (nSPS) is 17.6. The monoisotopic (exact) mass is 284 g/mol. The predicted octanol–water partition coefficient (Wildman–Crippen LogP) is 3.13. The van der Waals surface area contributed by atoms with Crippen LogP contribution in [-0.2, 0) is 0 Å². The molecule has 0 amide bonds. The molecule has 3 rings (SSSR count). The fourth-order valence-corrected chi connectivity index (χ4v) is 3.06. The Kier molecular flexibility index (Phi) is 4.32. The van der Waals surface area contributed by atoms with Crippen molar-refractivity contribution in [3.63, 3.8) is 0 Å². The van der Waals surface area contributed by atoms with Crippen LogP contribution >= 0.6 is 0 Å². The zero-order valence-electron chi connectivity index (χ0n) is 12.3. The van der Waals surface area contributed by atoms with Gasteiger partial charge in [-0.15, -0.1) is 0 Å². The van der Waals surface area contributed by atoms with Crippen LogP contribution in [0.4, 0.5) is 4.39 Å². The number of piperazine rings is 1. The molecule has 1 unspecified atom stereocenters. The van der Waals surface area contributed by atoms with Gasteiger partial charge >= 0.3 is 0 Å². The highest BCUT2D eigenvalue weighted by molar-refractivity contribution is 5.35. The van der Waals surface area contributed by atoms with Crippen molar-refractivity contribution in [2.75, 3.05) is 26.2 Å². The lowest BCUT2D eigenvalue weighted by Crippen LogP contribution is -2.45. The molecule has 0 radical (unpaired) electrons. The fourth-order valence-electron chi connectivity index (χ4n) is 3.06. The molecule has 2 nitrogen and oxygen atoms in total. The first-order chi connectivity index (χ1) is 10.3. The van der Waals surface area contributed by atoms with Crippen LogP contribution < -0.4 is 5.32 Å². The van der Waals surface area contributed by atoms with Gasteiger partial charge in [-0.2, -0.15) is 0 Å². The number of rotatable bonds is 3. The molecule has 0 saturated carbocycles. The van der Waals surface area contributed by atoms with Gasteiger partial charge in [0.05, 0.1) is 6.04 Å². The number of nitrogens with one attached hydrogen (secondary N) is 1. The van der Waals surface area contributed by atoms with Crippen molar-refractivity contribution < 1.29 is 4.39 Å². The minimum absolute atomic E-state index is 0.00630. The summed E-state index contributed by atoms with van der Waals surface area (Å²) in [6.45, 7) is 5.87. The summed E-state index contributed by atoms with van der Waals surface area (Å²) in [5, 5.41) is 3.36. The van der Waals surface area contributed by atoms with E-state index in [1.54, 1.807) is 12.1 Å². The average molecular weight is 284 g/mol. The third kappa shape index (κ3) is 3.14. The van der Waals surface area contributed by atoms with Crippen LogP contribution in [0, 0.1) is 12.7 Å². The molecule has 0 spiro atoms. The van der Waals surface area contributed by atoms with Crippen molar-refractivity contribution in [3.05, 3.63) is 71.0 Å². The summed E-state index contributed by atoms with van der Waals surface area (Å²) in [6.07, 6.45) is 0. The average Bonchev–Trinajstić information content (AvgIpc) is 2.51. The Morgan fingerprint density at radius 3 is 2.52 bits per heavy atom. The molecule has 1 aliphatic rings. The van der Waals surface area contributed by atoms with Crippen molar-refractivity contribution in [2.24, 2.45) is 0 Å². The molecule has 0 bridgehead atoms. The largest absolute Gasteiger partial charge is 0.314 e. The van der Waals surface area contributed by atoms with E-state index in [4.69, 9.17) is 0 Å². The number of benzene rings is 2. The van der Waals surface area contributed by atoms with Crippen LogP contribution in [0.3, 0.4) is 0 Å². The van der Waals surface area contributed by atoms with Crippen LogP contribution in [0.2, 0.25) is 0 Å². The van der Waals surface area contributed by atoms with Gasteiger partial charge in [0.1, 0.15) is 5.82 Å². The van der Waals surface area contributed by atoms with Crippen molar-refractivity contribution in [1.82, 2.24) is 10.2 Å². The van der Waals surface area contributed by atoms with Gasteiger partial charge in [-0.25, -0.2) is 4.39 Å². The fraction of sp³-hybridized carbons (Fsp3) is 0.333. The molecule has 1 saturated heterocycles. The van der Waals surface area contributed by atoms with Crippen LogP contribution in [0.5, 0.6) is 0 Å². The van der Waals surface area contributed by atoms with E-state index in [0.29, 0.717) is 0 Å². The van der Waals surface area contributed by atoms with Gasteiger partial charge in [-0.3, -0.25) is 4.90 Å². The maximum absolute atomic E-state index is 14.3. The molecule has 1 aliphatic heterocycles. The summed E-state index contributed by atoms with van der Waals surface area (Å²) in [4.78, 5) is 2.36. The van der Waals surface area contributed by atoms with Crippen molar-refractivity contribution in [2.45, 2.75) is 13.0 Å². The highest BCUT2D eigenvalue weighted by Gasteiger charge is 2.25. The van der Waals surface area contributed by atoms with E-state index in [1.807, 2.05) is 12.1 Å². The Morgan fingerprint density at radius 1 is 1.05 bits per heavy atom. The number of nitrogens with zero attached hydrogens (tertiary/aromatic N) is 1. The summed E-state index contributed by atoms with van der Waals surface area (Å²) >= 11 is 0. The van der Waals surface area contributed by atoms with E-state index in [-0.39, 0.29) is 11.9 Å². The molecular weight excluding hydrogens is 263 g/mol. The molecule has 0 aromatic heterocycles. The summed E-state index contributed by atoms with van der Waals surface area (Å²) in [6, 6.07) is 15.5. The summed E-state index contributed by atoms with van der Waals surface area (Å²) in [5.41, 5.74) is 3.15. The molecule has 110 valence electrons. The number of halogens is 1. The predicted molar refractivity (Wildman–Crippen MR) is 83.9 cm³/mol. The van der Waals surface area contributed by atoms with Crippen molar-refractivity contribution in [1.29, 1.82) is 0 Å². The summed E-state index contributed by atoms with van der Waals surface area (Å²) < 4.78 is 14.3. The third-order valence-electron chi connectivity index (χ3n) is 4.07. The van der Waals surface area contributed by atoms with Crippen molar-refractivity contribution >= 4 is 0 Å². The Labute approximate surface area is 125 Å². The molecule has 0 aliphatic carbocycles. The quantitative estimate of drug-likeness (QED) is 0.931. The van der Waals surface area contributed by atoms with E-state index in [1.165, 1.54) is 11.1 Å². The van der Waals surface area contributed by atoms with Gasteiger partial charge < -0.3 is 5.32 Å². The zero-order chi connectivity index (χ0) is 14.7. The zero-order valence-corrected chi connectivity index (χ0v) is 12.3. The van der Waals surface area contributed by atoms with E-state index >= 15 is 0 Å². The minimum atomic E-state index is -0.123. The number of aryl methyl sites for hydroxylation is 1. The lowest BCUT2D eigenvalue weighted by molar-refractivity contribution is 0.195. The number of hydrogen-bond acceptors (Lipinski definition) is 2. The lowest BCUT2D eigenvalue weighted by atomic mass is 9.95. The first-order valence-electron chi connectivity index (χ1n) is 7.51. The van der Waals surface area contributed by atoms with E-state index in [0.717, 1.165) is 31.7 Å². The van der Waals surface area contributed by atoms with Crippen LogP contribution in [0.1, 0.15) is 22.7 Å². The Hall–Kier alpha value is -1.71. The summed E-state index contributed by atoms with van der Waals surface area (Å²) in [7, 11) is 0. The van der Waals surface area contributed by atoms with Crippen molar-refractivity contribution in [3.8, 4) is 0 Å². The molecule has 2 aromatic carbocycles. The first kappa shape index (κ1) is 14.2. The second-order valence-corrected chi connectivity index (χ2v) is 5.62. The van der Waals surface area contributed by atoms with Crippen LogP contribution in [-0.4, -0.2) is 31.1 Å². The maximum Gasteiger partial charge on any atom is 0.128 e. The topological polar surface area (TPSA) is 15.3 Å². The second kappa shape index (κ2) is 6.37.